The van der Waals surface area contributed by atoms with E-state index in [9.17, 15) is 29.8 Å². The largest absolute Gasteiger partial charge is 0.504 e. The fraction of sp³-hybridized carbons (Fsp3) is 0.0667. The van der Waals surface area contributed by atoms with Crippen LogP contribution in [0.15, 0.2) is 24.3 Å². The minimum atomic E-state index is -0.887. The number of nitro benzene ring substituents is 2. The maximum atomic E-state index is 10.3. The first kappa shape index (κ1) is 22.8. The fourth-order valence-corrected chi connectivity index (χ4v) is 1.67. The molecule has 0 radical (unpaired) electrons. The van der Waals surface area contributed by atoms with Crippen molar-refractivity contribution in [3.05, 3.63) is 55.6 Å². The van der Waals surface area contributed by atoms with Gasteiger partial charge in [-0.05, 0) is 6.07 Å². The number of nitrogens with zero attached hydrogens (tertiary/aromatic N) is 2. The van der Waals surface area contributed by atoms with E-state index in [0.29, 0.717) is 6.29 Å². The molecule has 0 spiro atoms. The van der Waals surface area contributed by atoms with Crippen LogP contribution in [0.3, 0.4) is 0 Å². The minimum absolute atomic E-state index is 0. The molecule has 0 heterocycles. The van der Waals surface area contributed by atoms with Gasteiger partial charge in [0.15, 0.2) is 23.5 Å². The summed E-state index contributed by atoms with van der Waals surface area (Å²) < 4.78 is 0. The standard InChI is InChI=1S/2C7H5NO5.CH4/c9-3-4-1-6(10)7(11)2-5(4)8(12)13;9-3-4-1-5(8(12)13)7(11)6(10)2-4;/h2*1-3,10-11H;1H4. The molecule has 12 heteroatoms. The van der Waals surface area contributed by atoms with E-state index < -0.39 is 44.2 Å². The lowest BCUT2D eigenvalue weighted by Gasteiger charge is -1.99. The Bertz CT molecular complexity index is 895. The predicted octanol–water partition coefficient (Wildman–Crippen LogP) is 2.27. The summed E-state index contributed by atoms with van der Waals surface area (Å²) in [5, 5.41) is 56.3. The van der Waals surface area contributed by atoms with Gasteiger partial charge in [0, 0.05) is 17.7 Å². The smallest absolute Gasteiger partial charge is 0.315 e. The number of hydrogen-bond acceptors (Lipinski definition) is 10. The van der Waals surface area contributed by atoms with Crippen LogP contribution in [-0.2, 0) is 0 Å². The minimum Gasteiger partial charge on any atom is -0.504 e. The normalized spacial score (nSPS) is 9.19. The molecule has 0 bridgehead atoms. The highest BCUT2D eigenvalue weighted by molar-refractivity contribution is 5.83. The summed E-state index contributed by atoms with van der Waals surface area (Å²) in [6.45, 7) is 0. The van der Waals surface area contributed by atoms with Gasteiger partial charge in [0.2, 0.25) is 5.75 Å². The quantitative estimate of drug-likeness (QED) is 0.263. The first-order chi connectivity index (χ1) is 12.1. The molecule has 2 aromatic carbocycles. The molecule has 144 valence electrons. The molecule has 2 rings (SSSR count). The summed E-state index contributed by atoms with van der Waals surface area (Å²) in [6, 6.07) is 3.37. The molecule has 0 aliphatic rings. The molecule has 12 nitrogen and oxygen atoms in total. The van der Waals surface area contributed by atoms with Gasteiger partial charge in [-0.25, -0.2) is 0 Å². The summed E-state index contributed by atoms with van der Waals surface area (Å²) in [6.07, 6.45) is 0.573. The Balaban J connectivity index is 0.000000483. The van der Waals surface area contributed by atoms with Crippen molar-refractivity contribution in [2.45, 2.75) is 7.43 Å². The predicted molar refractivity (Wildman–Crippen MR) is 90.4 cm³/mol. The Morgan fingerprint density at radius 2 is 1.26 bits per heavy atom. The fourth-order valence-electron chi connectivity index (χ4n) is 1.67. The monoisotopic (exact) mass is 382 g/mol. The van der Waals surface area contributed by atoms with Crippen molar-refractivity contribution < 1.29 is 39.9 Å². The van der Waals surface area contributed by atoms with Crippen LogP contribution in [0.25, 0.3) is 0 Å². The highest BCUT2D eigenvalue weighted by Gasteiger charge is 2.18. The lowest BCUT2D eigenvalue weighted by Crippen LogP contribution is -1.93. The average molecular weight is 382 g/mol. The Kier molecular flexibility index (Phi) is 7.86. The SMILES string of the molecule is C.O=Cc1cc(O)c(O)c([N+](=O)[O-])c1.O=Cc1cc(O)c(O)cc1[N+](=O)[O-]. The number of aldehydes is 2. The van der Waals surface area contributed by atoms with E-state index in [2.05, 4.69) is 0 Å². The number of benzene rings is 2. The van der Waals surface area contributed by atoms with E-state index >= 15 is 0 Å². The molecule has 2 aromatic rings. The molecule has 0 unspecified atom stereocenters. The van der Waals surface area contributed by atoms with Gasteiger partial charge in [0.1, 0.15) is 6.29 Å². The van der Waals surface area contributed by atoms with E-state index in [-0.39, 0.29) is 24.8 Å². The molecule has 0 amide bonds. The van der Waals surface area contributed by atoms with E-state index in [4.69, 9.17) is 20.4 Å². The number of aromatic hydroxyl groups is 4. The molecule has 0 atom stereocenters. The van der Waals surface area contributed by atoms with Crippen LogP contribution in [0.1, 0.15) is 28.1 Å². The van der Waals surface area contributed by atoms with Crippen LogP contribution < -0.4 is 0 Å². The molecule has 0 aliphatic heterocycles. The average Bonchev–Trinajstić information content (AvgIpc) is 2.59. The van der Waals surface area contributed by atoms with Crippen LogP contribution in [0.2, 0.25) is 0 Å². The van der Waals surface area contributed by atoms with Crippen LogP contribution in [0.5, 0.6) is 23.0 Å². The number of phenolic OH excluding ortho intramolecular Hbond substituents is 4. The molecule has 0 aliphatic carbocycles. The van der Waals surface area contributed by atoms with E-state index in [0.717, 1.165) is 24.3 Å². The van der Waals surface area contributed by atoms with Gasteiger partial charge < -0.3 is 20.4 Å². The second-order valence-corrected chi connectivity index (χ2v) is 4.56. The van der Waals surface area contributed by atoms with Crippen molar-refractivity contribution in [2.75, 3.05) is 0 Å². The summed E-state index contributed by atoms with van der Waals surface area (Å²) in [4.78, 5) is 39.4. The molecule has 0 saturated carbocycles. The molecule has 0 fully saturated rings. The van der Waals surface area contributed by atoms with Gasteiger partial charge in [0.25, 0.3) is 5.69 Å². The third-order valence-electron chi connectivity index (χ3n) is 2.87. The van der Waals surface area contributed by atoms with Crippen molar-refractivity contribution in [2.24, 2.45) is 0 Å². The summed E-state index contributed by atoms with van der Waals surface area (Å²) in [5.74, 6) is -2.71. The van der Waals surface area contributed by atoms with Gasteiger partial charge in [-0.3, -0.25) is 29.8 Å². The summed E-state index contributed by atoms with van der Waals surface area (Å²) >= 11 is 0. The lowest BCUT2D eigenvalue weighted by atomic mass is 10.2. The number of nitro groups is 2. The lowest BCUT2D eigenvalue weighted by molar-refractivity contribution is -0.386. The molecular weight excluding hydrogens is 368 g/mol. The van der Waals surface area contributed by atoms with Crippen LogP contribution in [-0.4, -0.2) is 42.8 Å². The maximum Gasteiger partial charge on any atom is 0.315 e. The van der Waals surface area contributed by atoms with Gasteiger partial charge in [-0.2, -0.15) is 0 Å². The van der Waals surface area contributed by atoms with Crippen molar-refractivity contribution in [1.29, 1.82) is 0 Å². The topological polar surface area (TPSA) is 201 Å². The number of carbonyl (C=O) groups is 2. The van der Waals surface area contributed by atoms with Crippen molar-refractivity contribution in [3.63, 3.8) is 0 Å². The molecule has 27 heavy (non-hydrogen) atoms. The van der Waals surface area contributed by atoms with Gasteiger partial charge in [-0.15, -0.1) is 0 Å². The molecule has 0 saturated heterocycles. The third-order valence-corrected chi connectivity index (χ3v) is 2.87. The maximum absolute atomic E-state index is 10.3. The third kappa shape index (κ3) is 5.38. The Morgan fingerprint density at radius 3 is 1.70 bits per heavy atom. The molecule has 0 aromatic heterocycles. The second-order valence-electron chi connectivity index (χ2n) is 4.56. The Hall–Kier alpha value is -4.22. The number of phenols is 4. The molecular formula is C15H14N2O10. The number of carbonyl (C=O) groups excluding carboxylic acids is 2. The Labute approximate surface area is 150 Å². The van der Waals surface area contributed by atoms with Crippen LogP contribution in [0, 0.1) is 20.2 Å². The number of hydrogen-bond donors (Lipinski definition) is 4. The molecule has 4 N–H and O–H groups in total. The summed E-state index contributed by atoms with van der Waals surface area (Å²) in [7, 11) is 0. The van der Waals surface area contributed by atoms with E-state index in [1.54, 1.807) is 0 Å². The van der Waals surface area contributed by atoms with Crippen LogP contribution >= 0.6 is 0 Å². The van der Waals surface area contributed by atoms with Gasteiger partial charge >= 0.3 is 5.69 Å². The highest BCUT2D eigenvalue weighted by Crippen LogP contribution is 2.35. The zero-order valence-electron chi connectivity index (χ0n) is 12.6. The highest BCUT2D eigenvalue weighted by atomic mass is 16.6. The van der Waals surface area contributed by atoms with Gasteiger partial charge in [-0.1, -0.05) is 7.43 Å². The van der Waals surface area contributed by atoms with E-state index in [1.165, 1.54) is 0 Å². The van der Waals surface area contributed by atoms with Gasteiger partial charge in [0.05, 0.1) is 21.5 Å². The second kappa shape index (κ2) is 9.31. The zero-order valence-corrected chi connectivity index (χ0v) is 12.6. The van der Waals surface area contributed by atoms with Crippen molar-refractivity contribution in [3.8, 4) is 23.0 Å². The first-order valence-electron chi connectivity index (χ1n) is 6.43. The van der Waals surface area contributed by atoms with Crippen molar-refractivity contribution in [1.82, 2.24) is 0 Å². The number of rotatable bonds is 4. The van der Waals surface area contributed by atoms with Crippen molar-refractivity contribution >= 4 is 23.9 Å². The summed E-state index contributed by atoms with van der Waals surface area (Å²) in [5.41, 5.74) is -1.57. The van der Waals surface area contributed by atoms with Crippen LogP contribution in [0.4, 0.5) is 11.4 Å². The Morgan fingerprint density at radius 1 is 0.741 bits per heavy atom. The van der Waals surface area contributed by atoms with E-state index in [1.807, 2.05) is 0 Å². The zero-order chi connectivity index (χ0) is 20.0. The first-order valence-corrected chi connectivity index (χ1v) is 6.43.